The lowest BCUT2D eigenvalue weighted by atomic mass is 10.1. The molecule has 0 fully saturated rings. The van der Waals surface area contributed by atoms with Crippen LogP contribution < -0.4 is 0 Å². The van der Waals surface area contributed by atoms with Gasteiger partial charge in [0, 0.05) is 6.20 Å². The first-order chi connectivity index (χ1) is 8.25. The fourth-order valence-electron chi connectivity index (χ4n) is 1.30. The van der Waals surface area contributed by atoms with E-state index in [0.717, 1.165) is 5.56 Å². The fourth-order valence-corrected chi connectivity index (χ4v) is 1.30. The van der Waals surface area contributed by atoms with E-state index in [2.05, 4.69) is 4.98 Å². The third-order valence-corrected chi connectivity index (χ3v) is 2.14. The molecule has 2 aromatic rings. The molecule has 0 radical (unpaired) electrons. The van der Waals surface area contributed by atoms with Crippen LogP contribution in [0.2, 0.25) is 0 Å². The molecule has 1 heterocycles. The number of hydrogen-bond donors (Lipinski definition) is 1. The van der Waals surface area contributed by atoms with Crippen LogP contribution in [0, 0.1) is 0 Å². The second-order valence-electron chi connectivity index (χ2n) is 3.32. The number of carbonyl (C=O) groups is 1. The first-order valence-electron chi connectivity index (χ1n) is 5.43. The summed E-state index contributed by atoms with van der Waals surface area (Å²) in [5, 5.41) is 8.63. The highest BCUT2D eigenvalue weighted by Gasteiger charge is 2.07. The van der Waals surface area contributed by atoms with Crippen molar-refractivity contribution < 1.29 is 9.90 Å². The third kappa shape index (κ3) is 4.47. The van der Waals surface area contributed by atoms with E-state index in [1.807, 2.05) is 43.3 Å². The maximum absolute atomic E-state index is 10.5. The molecule has 0 saturated carbocycles. The molecule has 0 aliphatic rings. The minimum Gasteiger partial charge on any atom is -0.477 e. The van der Waals surface area contributed by atoms with Crippen LogP contribution in [0.1, 0.15) is 23.0 Å². The Labute approximate surface area is 101 Å². The number of hydrogen-bond acceptors (Lipinski definition) is 2. The van der Waals surface area contributed by atoms with Crippen LogP contribution in [0.25, 0.3) is 0 Å². The molecular formula is C14H15NO2. The summed E-state index contributed by atoms with van der Waals surface area (Å²) >= 11 is 0. The fraction of sp³-hybridized carbons (Fsp3) is 0.143. The molecule has 0 aliphatic carbocycles. The van der Waals surface area contributed by atoms with Crippen molar-refractivity contribution in [3.8, 4) is 0 Å². The van der Waals surface area contributed by atoms with Crippen molar-refractivity contribution in [2.24, 2.45) is 0 Å². The minimum absolute atomic E-state index is 0.162. The Morgan fingerprint density at radius 2 is 1.65 bits per heavy atom. The molecule has 2 rings (SSSR count). The van der Waals surface area contributed by atoms with Crippen molar-refractivity contribution in [1.82, 2.24) is 4.98 Å². The van der Waals surface area contributed by atoms with E-state index in [-0.39, 0.29) is 5.69 Å². The molecule has 1 aromatic carbocycles. The van der Waals surface area contributed by atoms with Crippen LogP contribution in [0.5, 0.6) is 0 Å². The zero-order chi connectivity index (χ0) is 12.5. The second-order valence-corrected chi connectivity index (χ2v) is 3.32. The summed E-state index contributed by atoms with van der Waals surface area (Å²) in [4.78, 5) is 14.3. The number of nitrogens with zero attached hydrogens (tertiary/aromatic N) is 1. The van der Waals surface area contributed by atoms with Gasteiger partial charge in [-0.25, -0.2) is 9.78 Å². The van der Waals surface area contributed by atoms with Crippen molar-refractivity contribution >= 4 is 5.97 Å². The van der Waals surface area contributed by atoms with Gasteiger partial charge in [-0.1, -0.05) is 49.4 Å². The van der Waals surface area contributed by atoms with Gasteiger partial charge >= 0.3 is 5.97 Å². The molecule has 1 N–H and O–H groups in total. The van der Waals surface area contributed by atoms with Crippen LogP contribution in [0.3, 0.4) is 0 Å². The number of carboxylic acid groups (broad SMARTS) is 1. The van der Waals surface area contributed by atoms with E-state index in [1.165, 1.54) is 6.20 Å². The zero-order valence-electron chi connectivity index (χ0n) is 9.71. The molecule has 0 atom stereocenters. The standard InChI is InChI=1S/C8H9NO2.C6H6/c1-2-6-4-3-5-9-7(6)8(10)11;1-2-4-6-5-3-1/h3-5H,2H2,1H3,(H,10,11);1-6H. The van der Waals surface area contributed by atoms with Gasteiger partial charge in [0.25, 0.3) is 0 Å². The highest BCUT2D eigenvalue weighted by Crippen LogP contribution is 2.04. The van der Waals surface area contributed by atoms with Crippen molar-refractivity contribution in [1.29, 1.82) is 0 Å². The Bertz CT molecular complexity index is 428. The van der Waals surface area contributed by atoms with Crippen LogP contribution in [-0.2, 0) is 6.42 Å². The normalized spacial score (nSPS) is 9.00. The van der Waals surface area contributed by atoms with Gasteiger partial charge in [-0.2, -0.15) is 0 Å². The predicted molar refractivity (Wildman–Crippen MR) is 67.0 cm³/mol. The van der Waals surface area contributed by atoms with Gasteiger partial charge in [-0.05, 0) is 18.1 Å². The van der Waals surface area contributed by atoms with Gasteiger partial charge in [0.05, 0.1) is 0 Å². The molecule has 3 nitrogen and oxygen atoms in total. The Morgan fingerprint density at radius 3 is 2.00 bits per heavy atom. The predicted octanol–water partition coefficient (Wildman–Crippen LogP) is 3.03. The van der Waals surface area contributed by atoms with E-state index in [4.69, 9.17) is 5.11 Å². The maximum Gasteiger partial charge on any atom is 0.354 e. The first kappa shape index (κ1) is 12.9. The summed E-state index contributed by atoms with van der Waals surface area (Å²) in [5.74, 6) is -0.956. The average Bonchev–Trinajstić information content (AvgIpc) is 2.41. The monoisotopic (exact) mass is 229 g/mol. The van der Waals surface area contributed by atoms with Gasteiger partial charge in [0.1, 0.15) is 0 Å². The van der Waals surface area contributed by atoms with Crippen molar-refractivity contribution in [2.45, 2.75) is 13.3 Å². The van der Waals surface area contributed by atoms with E-state index < -0.39 is 5.97 Å². The SMILES string of the molecule is CCc1cccnc1C(=O)O.c1ccccc1. The summed E-state index contributed by atoms with van der Waals surface area (Å²) in [7, 11) is 0. The Balaban J connectivity index is 0.000000202. The largest absolute Gasteiger partial charge is 0.477 e. The van der Waals surface area contributed by atoms with Crippen molar-refractivity contribution in [2.75, 3.05) is 0 Å². The quantitative estimate of drug-likeness (QED) is 0.861. The van der Waals surface area contributed by atoms with Crippen molar-refractivity contribution in [3.05, 3.63) is 66.0 Å². The number of aromatic nitrogens is 1. The van der Waals surface area contributed by atoms with Crippen LogP contribution >= 0.6 is 0 Å². The number of aryl methyl sites for hydroxylation is 1. The van der Waals surface area contributed by atoms with E-state index >= 15 is 0 Å². The lowest BCUT2D eigenvalue weighted by Crippen LogP contribution is -2.04. The number of rotatable bonds is 2. The molecule has 0 saturated heterocycles. The lowest BCUT2D eigenvalue weighted by Gasteiger charge is -1.99. The smallest absolute Gasteiger partial charge is 0.354 e. The van der Waals surface area contributed by atoms with Crippen molar-refractivity contribution in [3.63, 3.8) is 0 Å². The first-order valence-corrected chi connectivity index (χ1v) is 5.43. The summed E-state index contributed by atoms with van der Waals surface area (Å²) in [5.41, 5.74) is 0.940. The Morgan fingerprint density at radius 1 is 1.12 bits per heavy atom. The Kier molecular flexibility index (Phi) is 5.44. The average molecular weight is 229 g/mol. The van der Waals surface area contributed by atoms with E-state index in [9.17, 15) is 4.79 Å². The van der Waals surface area contributed by atoms with Crippen LogP contribution in [0.15, 0.2) is 54.7 Å². The summed E-state index contributed by atoms with van der Waals surface area (Å²) < 4.78 is 0. The number of benzene rings is 1. The lowest BCUT2D eigenvalue weighted by molar-refractivity contribution is 0.0689. The molecule has 1 aromatic heterocycles. The zero-order valence-corrected chi connectivity index (χ0v) is 9.71. The molecule has 0 aliphatic heterocycles. The molecule has 0 unspecified atom stereocenters. The number of pyridine rings is 1. The number of aromatic carboxylic acids is 1. The van der Waals surface area contributed by atoms with Gasteiger partial charge in [0.15, 0.2) is 5.69 Å². The molecular weight excluding hydrogens is 214 g/mol. The molecule has 0 bridgehead atoms. The highest BCUT2D eigenvalue weighted by atomic mass is 16.4. The Hall–Kier alpha value is -2.16. The second kappa shape index (κ2) is 7.17. The summed E-state index contributed by atoms with van der Waals surface area (Å²) in [6.07, 6.45) is 2.19. The minimum atomic E-state index is -0.956. The molecule has 17 heavy (non-hydrogen) atoms. The summed E-state index contributed by atoms with van der Waals surface area (Å²) in [6, 6.07) is 15.5. The molecule has 88 valence electrons. The van der Waals surface area contributed by atoms with E-state index in [0.29, 0.717) is 6.42 Å². The maximum atomic E-state index is 10.5. The van der Waals surface area contributed by atoms with Gasteiger partial charge in [-0.3, -0.25) is 0 Å². The van der Waals surface area contributed by atoms with Crippen LogP contribution in [0.4, 0.5) is 0 Å². The van der Waals surface area contributed by atoms with Gasteiger partial charge in [-0.15, -0.1) is 0 Å². The highest BCUT2D eigenvalue weighted by molar-refractivity contribution is 5.86. The third-order valence-electron chi connectivity index (χ3n) is 2.14. The topological polar surface area (TPSA) is 50.2 Å². The van der Waals surface area contributed by atoms with E-state index in [1.54, 1.807) is 12.1 Å². The molecule has 3 heteroatoms. The summed E-state index contributed by atoms with van der Waals surface area (Å²) in [6.45, 7) is 1.91. The molecule has 0 amide bonds. The van der Waals surface area contributed by atoms with Gasteiger partial charge < -0.3 is 5.11 Å². The number of carboxylic acids is 1. The van der Waals surface area contributed by atoms with Crippen LogP contribution in [-0.4, -0.2) is 16.1 Å². The molecule has 0 spiro atoms. The van der Waals surface area contributed by atoms with Gasteiger partial charge in [0.2, 0.25) is 0 Å².